The Hall–Kier alpha value is -1.06. The molecular formula is C14H14ClNOS. The summed E-state index contributed by atoms with van der Waals surface area (Å²) in [5, 5.41) is 1.15. The van der Waals surface area contributed by atoms with Gasteiger partial charge in [-0.2, -0.15) is 0 Å². The summed E-state index contributed by atoms with van der Waals surface area (Å²) in [4.78, 5) is 15.2. The number of nitrogens with zero attached hydrogens (tertiary/aromatic N) is 1. The Bertz CT molecular complexity index is 543. The largest absolute Gasteiger partial charge is 0.334 e. The van der Waals surface area contributed by atoms with Gasteiger partial charge in [0.05, 0.1) is 4.88 Å². The SMILES string of the molecule is O=C(c1cc2ccccc2s1)N(CCCl)C1CC1. The van der Waals surface area contributed by atoms with E-state index in [-0.39, 0.29) is 5.91 Å². The van der Waals surface area contributed by atoms with Crippen LogP contribution in [0.15, 0.2) is 30.3 Å². The molecule has 1 saturated carbocycles. The Morgan fingerprint density at radius 3 is 2.83 bits per heavy atom. The monoisotopic (exact) mass is 279 g/mol. The van der Waals surface area contributed by atoms with Crippen LogP contribution in [0.4, 0.5) is 0 Å². The molecule has 0 unspecified atom stereocenters. The van der Waals surface area contributed by atoms with E-state index in [1.165, 1.54) is 4.70 Å². The van der Waals surface area contributed by atoms with Crippen molar-refractivity contribution in [3.05, 3.63) is 35.2 Å². The molecule has 2 aromatic rings. The number of rotatable bonds is 4. The fourth-order valence-electron chi connectivity index (χ4n) is 2.16. The first-order valence-corrected chi connectivity index (χ1v) is 7.50. The zero-order chi connectivity index (χ0) is 12.5. The summed E-state index contributed by atoms with van der Waals surface area (Å²) in [7, 11) is 0. The number of thiophene rings is 1. The maximum atomic E-state index is 12.5. The molecule has 0 atom stereocenters. The van der Waals surface area contributed by atoms with Gasteiger partial charge in [-0.25, -0.2) is 0 Å². The minimum atomic E-state index is 0.138. The van der Waals surface area contributed by atoms with E-state index in [1.54, 1.807) is 11.3 Å². The van der Waals surface area contributed by atoms with Gasteiger partial charge in [0, 0.05) is 23.2 Å². The smallest absolute Gasteiger partial charge is 0.264 e. The average Bonchev–Trinajstić information content (AvgIpc) is 3.13. The number of fused-ring (bicyclic) bond motifs is 1. The number of hydrogen-bond donors (Lipinski definition) is 0. The third-order valence-corrected chi connectivity index (χ3v) is 4.48. The Balaban J connectivity index is 1.90. The molecule has 0 radical (unpaired) electrons. The summed E-state index contributed by atoms with van der Waals surface area (Å²) in [6.45, 7) is 0.652. The van der Waals surface area contributed by atoms with Gasteiger partial charge in [0.25, 0.3) is 5.91 Å². The molecule has 1 heterocycles. The van der Waals surface area contributed by atoms with Crippen molar-refractivity contribution in [3.8, 4) is 0 Å². The molecule has 94 valence electrons. The normalized spacial score (nSPS) is 14.9. The second-order valence-electron chi connectivity index (χ2n) is 4.57. The second kappa shape index (κ2) is 4.90. The van der Waals surface area contributed by atoms with Crippen LogP contribution in [-0.4, -0.2) is 29.3 Å². The molecule has 1 aromatic heterocycles. The molecule has 4 heteroatoms. The van der Waals surface area contributed by atoms with Crippen molar-refractivity contribution in [2.45, 2.75) is 18.9 Å². The second-order valence-corrected chi connectivity index (χ2v) is 6.03. The Labute approximate surface area is 115 Å². The molecule has 1 aromatic carbocycles. The summed E-state index contributed by atoms with van der Waals surface area (Å²) in [5.41, 5.74) is 0. The van der Waals surface area contributed by atoms with E-state index in [0.717, 1.165) is 23.1 Å². The molecule has 18 heavy (non-hydrogen) atoms. The van der Waals surface area contributed by atoms with Crippen LogP contribution in [0.2, 0.25) is 0 Å². The third kappa shape index (κ3) is 2.25. The molecule has 3 rings (SSSR count). The number of carbonyl (C=O) groups is 1. The summed E-state index contributed by atoms with van der Waals surface area (Å²) in [6, 6.07) is 10.5. The van der Waals surface area contributed by atoms with E-state index >= 15 is 0 Å². The lowest BCUT2D eigenvalue weighted by atomic mass is 10.2. The van der Waals surface area contributed by atoms with Gasteiger partial charge in [-0.05, 0) is 30.4 Å². The van der Waals surface area contributed by atoms with E-state index < -0.39 is 0 Å². The van der Waals surface area contributed by atoms with Crippen LogP contribution in [0, 0.1) is 0 Å². The maximum Gasteiger partial charge on any atom is 0.264 e. The highest BCUT2D eigenvalue weighted by Gasteiger charge is 2.33. The molecule has 0 spiro atoms. The summed E-state index contributed by atoms with van der Waals surface area (Å²) in [5.74, 6) is 0.645. The van der Waals surface area contributed by atoms with Gasteiger partial charge in [0.15, 0.2) is 0 Å². The molecule has 0 N–H and O–H groups in total. The summed E-state index contributed by atoms with van der Waals surface area (Å²) in [6.07, 6.45) is 2.24. The maximum absolute atomic E-state index is 12.5. The van der Waals surface area contributed by atoms with Crippen LogP contribution >= 0.6 is 22.9 Å². The number of hydrogen-bond acceptors (Lipinski definition) is 2. The predicted molar refractivity (Wildman–Crippen MR) is 76.6 cm³/mol. The Kier molecular flexibility index (Phi) is 3.27. The molecule has 1 amide bonds. The number of amides is 1. The lowest BCUT2D eigenvalue weighted by Gasteiger charge is -2.20. The quantitative estimate of drug-likeness (QED) is 0.781. The van der Waals surface area contributed by atoms with Crippen LogP contribution in [0.1, 0.15) is 22.5 Å². The highest BCUT2D eigenvalue weighted by atomic mass is 35.5. The van der Waals surface area contributed by atoms with Gasteiger partial charge < -0.3 is 4.90 Å². The fourth-order valence-corrected chi connectivity index (χ4v) is 3.36. The minimum Gasteiger partial charge on any atom is -0.334 e. The molecule has 2 nitrogen and oxygen atoms in total. The van der Waals surface area contributed by atoms with Gasteiger partial charge in [-0.3, -0.25) is 4.79 Å². The van der Waals surface area contributed by atoms with Crippen molar-refractivity contribution >= 4 is 38.9 Å². The zero-order valence-electron chi connectivity index (χ0n) is 9.93. The first-order chi connectivity index (χ1) is 8.79. The van der Waals surface area contributed by atoms with Crippen molar-refractivity contribution < 1.29 is 4.79 Å². The highest BCUT2D eigenvalue weighted by Crippen LogP contribution is 2.31. The molecular weight excluding hydrogens is 266 g/mol. The minimum absolute atomic E-state index is 0.138. The molecule has 0 aliphatic heterocycles. The van der Waals surface area contributed by atoms with Crippen LogP contribution in [0.5, 0.6) is 0 Å². The first kappa shape index (κ1) is 12.0. The van der Waals surface area contributed by atoms with Crippen molar-refractivity contribution in [3.63, 3.8) is 0 Å². The van der Waals surface area contributed by atoms with E-state index in [9.17, 15) is 4.79 Å². The number of halogens is 1. The molecule has 1 aliphatic rings. The van der Waals surface area contributed by atoms with Gasteiger partial charge in [0.2, 0.25) is 0 Å². The third-order valence-electron chi connectivity index (χ3n) is 3.21. The average molecular weight is 280 g/mol. The lowest BCUT2D eigenvalue weighted by Crippen LogP contribution is -2.34. The van der Waals surface area contributed by atoms with E-state index in [1.807, 2.05) is 29.2 Å². The van der Waals surface area contributed by atoms with E-state index in [4.69, 9.17) is 11.6 Å². The molecule has 1 aliphatic carbocycles. The van der Waals surface area contributed by atoms with Crippen LogP contribution in [-0.2, 0) is 0 Å². The first-order valence-electron chi connectivity index (χ1n) is 6.15. The lowest BCUT2D eigenvalue weighted by molar-refractivity contribution is 0.0758. The molecule has 0 saturated heterocycles. The Morgan fingerprint density at radius 2 is 2.17 bits per heavy atom. The van der Waals surface area contributed by atoms with Crippen molar-refractivity contribution in [2.75, 3.05) is 12.4 Å². The number of carbonyl (C=O) groups excluding carboxylic acids is 1. The van der Waals surface area contributed by atoms with Gasteiger partial charge >= 0.3 is 0 Å². The predicted octanol–water partition coefficient (Wildman–Crippen LogP) is 3.74. The van der Waals surface area contributed by atoms with Crippen molar-refractivity contribution in [2.24, 2.45) is 0 Å². The number of benzene rings is 1. The Morgan fingerprint density at radius 1 is 1.39 bits per heavy atom. The molecule has 0 bridgehead atoms. The van der Waals surface area contributed by atoms with Gasteiger partial charge in [-0.15, -0.1) is 22.9 Å². The zero-order valence-corrected chi connectivity index (χ0v) is 11.5. The summed E-state index contributed by atoms with van der Waals surface area (Å²) >= 11 is 7.36. The van der Waals surface area contributed by atoms with Crippen molar-refractivity contribution in [1.29, 1.82) is 0 Å². The van der Waals surface area contributed by atoms with Gasteiger partial charge in [-0.1, -0.05) is 18.2 Å². The van der Waals surface area contributed by atoms with Crippen LogP contribution in [0.25, 0.3) is 10.1 Å². The molecule has 1 fully saturated rings. The van der Waals surface area contributed by atoms with Crippen LogP contribution in [0.3, 0.4) is 0 Å². The van der Waals surface area contributed by atoms with Crippen LogP contribution < -0.4 is 0 Å². The summed E-state index contributed by atoms with van der Waals surface area (Å²) < 4.78 is 1.17. The van der Waals surface area contributed by atoms with Crippen molar-refractivity contribution in [1.82, 2.24) is 4.90 Å². The highest BCUT2D eigenvalue weighted by molar-refractivity contribution is 7.20. The van der Waals surface area contributed by atoms with Gasteiger partial charge in [0.1, 0.15) is 0 Å². The topological polar surface area (TPSA) is 20.3 Å². The fraction of sp³-hybridized carbons (Fsp3) is 0.357. The van der Waals surface area contributed by atoms with E-state index in [0.29, 0.717) is 18.5 Å². The standard InChI is InChI=1S/C14H14ClNOS/c15-7-8-16(11-5-6-11)14(17)13-9-10-3-1-2-4-12(10)18-13/h1-4,9,11H,5-8H2. The van der Waals surface area contributed by atoms with E-state index in [2.05, 4.69) is 6.07 Å². The number of alkyl halides is 1.